The average molecular weight is 420 g/mol. The summed E-state index contributed by atoms with van der Waals surface area (Å²) in [5.74, 6) is 0.191. The third kappa shape index (κ3) is 4.36. The molecule has 3 aromatic heterocycles. The first kappa shape index (κ1) is 19.7. The smallest absolute Gasteiger partial charge is 0.267 e. The lowest BCUT2D eigenvalue weighted by molar-refractivity contribution is -0.124. The van der Waals surface area contributed by atoms with Gasteiger partial charge in [-0.15, -0.1) is 16.4 Å². The molecule has 152 valence electrons. The number of nitrogens with one attached hydrogen (secondary N) is 1. The van der Waals surface area contributed by atoms with E-state index in [4.69, 9.17) is 0 Å². The van der Waals surface area contributed by atoms with Crippen LogP contribution in [0.4, 0.5) is 0 Å². The molecular formula is C21H20N6O2S. The molecule has 0 bridgehead atoms. The quantitative estimate of drug-likeness (QED) is 0.496. The second-order valence-electron chi connectivity index (χ2n) is 6.65. The Morgan fingerprint density at radius 1 is 1.17 bits per heavy atom. The van der Waals surface area contributed by atoms with E-state index in [1.807, 2.05) is 35.7 Å². The van der Waals surface area contributed by atoms with Crippen molar-refractivity contribution in [1.82, 2.24) is 29.9 Å². The van der Waals surface area contributed by atoms with Gasteiger partial charge in [0.25, 0.3) is 5.56 Å². The van der Waals surface area contributed by atoms with Crippen LogP contribution in [0.3, 0.4) is 0 Å². The van der Waals surface area contributed by atoms with E-state index in [1.54, 1.807) is 42.8 Å². The predicted octanol–water partition coefficient (Wildman–Crippen LogP) is 2.47. The summed E-state index contributed by atoms with van der Waals surface area (Å²) in [7, 11) is 0. The lowest BCUT2D eigenvalue weighted by Gasteiger charge is -2.14. The SMILES string of the molecule is CC(C(=O)NCCc1csc(-c2ccccc2)n1)n1nc(-n2cccn2)ccc1=O. The first-order valence-electron chi connectivity index (χ1n) is 9.49. The molecule has 1 N–H and O–H groups in total. The number of amides is 1. The Labute approximate surface area is 176 Å². The normalized spacial score (nSPS) is 11.9. The van der Waals surface area contributed by atoms with Crippen LogP contribution in [0.5, 0.6) is 0 Å². The van der Waals surface area contributed by atoms with Crippen molar-refractivity contribution >= 4 is 17.2 Å². The fraction of sp³-hybridized carbons (Fsp3) is 0.190. The van der Waals surface area contributed by atoms with Gasteiger partial charge in [-0.05, 0) is 19.1 Å². The Hall–Kier alpha value is -3.59. The molecule has 0 radical (unpaired) electrons. The minimum absolute atomic E-state index is 0.277. The van der Waals surface area contributed by atoms with Gasteiger partial charge < -0.3 is 5.32 Å². The number of hydrogen-bond acceptors (Lipinski definition) is 6. The van der Waals surface area contributed by atoms with E-state index in [-0.39, 0.29) is 11.5 Å². The van der Waals surface area contributed by atoms with E-state index in [2.05, 4.69) is 20.5 Å². The maximum absolute atomic E-state index is 12.6. The van der Waals surface area contributed by atoms with Crippen LogP contribution in [0, 0.1) is 0 Å². The standard InChI is InChI=1S/C21H20N6O2S/c1-15(27-19(28)9-8-18(25-27)26-13-5-11-23-26)20(29)22-12-10-17-14-30-21(24-17)16-6-3-2-4-7-16/h2-9,11,13-15H,10,12H2,1H3,(H,22,29). The van der Waals surface area contributed by atoms with Crippen LogP contribution in [0.1, 0.15) is 18.7 Å². The zero-order valence-corrected chi connectivity index (χ0v) is 17.1. The lowest BCUT2D eigenvalue weighted by atomic mass is 10.2. The average Bonchev–Trinajstić information content (AvgIpc) is 3.47. The Morgan fingerprint density at radius 2 is 2.00 bits per heavy atom. The molecule has 1 unspecified atom stereocenters. The van der Waals surface area contributed by atoms with Crippen molar-refractivity contribution in [3.05, 3.63) is 82.4 Å². The van der Waals surface area contributed by atoms with E-state index in [0.717, 1.165) is 16.3 Å². The zero-order valence-electron chi connectivity index (χ0n) is 16.3. The van der Waals surface area contributed by atoms with Crippen LogP contribution in [0.2, 0.25) is 0 Å². The number of carbonyl (C=O) groups excluding carboxylic acids is 1. The van der Waals surface area contributed by atoms with Crippen molar-refractivity contribution in [1.29, 1.82) is 0 Å². The molecular weight excluding hydrogens is 400 g/mol. The van der Waals surface area contributed by atoms with Crippen molar-refractivity contribution in [3.63, 3.8) is 0 Å². The molecule has 8 nitrogen and oxygen atoms in total. The van der Waals surface area contributed by atoms with Crippen molar-refractivity contribution in [2.45, 2.75) is 19.4 Å². The van der Waals surface area contributed by atoms with E-state index in [9.17, 15) is 9.59 Å². The molecule has 0 spiro atoms. The topological polar surface area (TPSA) is 94.7 Å². The summed E-state index contributed by atoms with van der Waals surface area (Å²) >= 11 is 1.58. The van der Waals surface area contributed by atoms with Crippen LogP contribution in [0.25, 0.3) is 16.4 Å². The maximum atomic E-state index is 12.6. The summed E-state index contributed by atoms with van der Waals surface area (Å²) in [4.78, 5) is 29.4. The third-order valence-corrected chi connectivity index (χ3v) is 5.49. The molecule has 1 aromatic carbocycles. The van der Waals surface area contributed by atoms with Crippen LogP contribution in [-0.4, -0.2) is 37.0 Å². The second-order valence-corrected chi connectivity index (χ2v) is 7.51. The molecule has 0 fully saturated rings. The molecule has 4 rings (SSSR count). The number of hydrogen-bond donors (Lipinski definition) is 1. The maximum Gasteiger partial charge on any atom is 0.267 e. The Kier molecular flexibility index (Phi) is 5.80. The van der Waals surface area contributed by atoms with Gasteiger partial charge in [0.05, 0.1) is 5.69 Å². The summed E-state index contributed by atoms with van der Waals surface area (Å²) in [6.45, 7) is 2.07. The largest absolute Gasteiger partial charge is 0.354 e. The molecule has 0 saturated carbocycles. The second kappa shape index (κ2) is 8.83. The van der Waals surface area contributed by atoms with Crippen molar-refractivity contribution in [2.24, 2.45) is 0 Å². The highest BCUT2D eigenvalue weighted by atomic mass is 32.1. The first-order valence-corrected chi connectivity index (χ1v) is 10.4. The van der Waals surface area contributed by atoms with Gasteiger partial charge in [0.2, 0.25) is 5.91 Å². The molecule has 0 aliphatic heterocycles. The zero-order chi connectivity index (χ0) is 20.9. The van der Waals surface area contributed by atoms with Gasteiger partial charge in [0.1, 0.15) is 11.0 Å². The summed E-state index contributed by atoms with van der Waals surface area (Å²) < 4.78 is 2.70. The molecule has 1 amide bonds. The Bertz CT molecular complexity index is 1180. The highest BCUT2D eigenvalue weighted by Crippen LogP contribution is 2.23. The van der Waals surface area contributed by atoms with E-state index in [1.165, 1.54) is 15.4 Å². The van der Waals surface area contributed by atoms with Gasteiger partial charge in [0, 0.05) is 42.4 Å². The molecule has 1 atom stereocenters. The summed E-state index contributed by atoms with van der Waals surface area (Å²) in [6, 6.07) is 13.9. The van der Waals surface area contributed by atoms with E-state index < -0.39 is 6.04 Å². The van der Waals surface area contributed by atoms with Gasteiger partial charge in [-0.2, -0.15) is 5.10 Å². The molecule has 30 heavy (non-hydrogen) atoms. The number of nitrogens with zero attached hydrogens (tertiary/aromatic N) is 5. The monoisotopic (exact) mass is 420 g/mol. The van der Waals surface area contributed by atoms with Crippen molar-refractivity contribution in [2.75, 3.05) is 6.54 Å². The Morgan fingerprint density at radius 3 is 2.77 bits per heavy atom. The fourth-order valence-electron chi connectivity index (χ4n) is 2.93. The van der Waals surface area contributed by atoms with Crippen LogP contribution in [0.15, 0.2) is 71.1 Å². The molecule has 4 aromatic rings. The fourth-order valence-corrected chi connectivity index (χ4v) is 3.79. The molecule has 0 aliphatic carbocycles. The van der Waals surface area contributed by atoms with Gasteiger partial charge in [-0.3, -0.25) is 9.59 Å². The van der Waals surface area contributed by atoms with Crippen LogP contribution in [-0.2, 0) is 11.2 Å². The highest BCUT2D eigenvalue weighted by molar-refractivity contribution is 7.13. The summed E-state index contributed by atoms with van der Waals surface area (Å²) in [5, 5.41) is 14.2. The van der Waals surface area contributed by atoms with Gasteiger partial charge in [0.15, 0.2) is 5.82 Å². The van der Waals surface area contributed by atoms with Gasteiger partial charge in [-0.1, -0.05) is 30.3 Å². The minimum Gasteiger partial charge on any atom is -0.354 e. The van der Waals surface area contributed by atoms with E-state index in [0.29, 0.717) is 18.8 Å². The van der Waals surface area contributed by atoms with Gasteiger partial charge in [-0.25, -0.2) is 14.3 Å². The molecule has 0 saturated heterocycles. The number of carbonyl (C=O) groups is 1. The number of benzene rings is 1. The summed E-state index contributed by atoms with van der Waals surface area (Å²) in [5.41, 5.74) is 1.65. The van der Waals surface area contributed by atoms with Crippen molar-refractivity contribution in [3.8, 4) is 16.4 Å². The van der Waals surface area contributed by atoms with Crippen molar-refractivity contribution < 1.29 is 4.79 Å². The third-order valence-electron chi connectivity index (χ3n) is 4.55. The Balaban J connectivity index is 1.37. The van der Waals surface area contributed by atoms with E-state index >= 15 is 0 Å². The minimum atomic E-state index is -0.747. The number of thiazole rings is 1. The number of aromatic nitrogens is 5. The molecule has 0 aliphatic rings. The van der Waals surface area contributed by atoms with Crippen LogP contribution >= 0.6 is 11.3 Å². The lowest BCUT2D eigenvalue weighted by Crippen LogP contribution is -2.38. The molecule has 9 heteroatoms. The number of rotatable bonds is 7. The van der Waals surface area contributed by atoms with Gasteiger partial charge >= 0.3 is 0 Å². The predicted molar refractivity (Wildman–Crippen MR) is 115 cm³/mol. The highest BCUT2D eigenvalue weighted by Gasteiger charge is 2.18. The first-order chi connectivity index (χ1) is 14.6. The summed E-state index contributed by atoms with van der Waals surface area (Å²) in [6.07, 6.45) is 3.95. The van der Waals surface area contributed by atoms with Crippen LogP contribution < -0.4 is 10.9 Å². The molecule has 3 heterocycles.